The van der Waals surface area contributed by atoms with Gasteiger partial charge in [-0.3, -0.25) is 4.84 Å². The molecular weight excluding hydrogens is 390 g/mol. The van der Waals surface area contributed by atoms with Crippen LogP contribution in [0.4, 0.5) is 4.79 Å². The van der Waals surface area contributed by atoms with Crippen LogP contribution < -0.4 is 4.72 Å². The zero-order valence-electron chi connectivity index (χ0n) is 16.9. The molecule has 1 N–H and O–H groups in total. The van der Waals surface area contributed by atoms with Gasteiger partial charge >= 0.3 is 6.03 Å². The van der Waals surface area contributed by atoms with Gasteiger partial charge in [0.2, 0.25) is 10.0 Å². The first-order chi connectivity index (χ1) is 13.8. The lowest BCUT2D eigenvalue weighted by Gasteiger charge is -2.31. The first kappa shape index (κ1) is 21.3. The highest BCUT2D eigenvalue weighted by Gasteiger charge is 2.39. The number of nitrogens with zero attached hydrogens (tertiary/aromatic N) is 2. The second kappa shape index (κ2) is 8.94. The fraction of sp³-hybridized carbons (Fsp3) is 0.381. The van der Waals surface area contributed by atoms with Gasteiger partial charge in [-0.05, 0) is 29.5 Å². The highest BCUT2D eigenvalue weighted by atomic mass is 32.2. The van der Waals surface area contributed by atoms with Crippen LogP contribution in [0.25, 0.3) is 11.1 Å². The molecule has 1 aliphatic heterocycles. The van der Waals surface area contributed by atoms with Crippen molar-refractivity contribution in [2.24, 2.45) is 0 Å². The zero-order valence-corrected chi connectivity index (χ0v) is 17.7. The van der Waals surface area contributed by atoms with Gasteiger partial charge in [0, 0.05) is 19.6 Å². The molecule has 1 aliphatic rings. The van der Waals surface area contributed by atoms with Gasteiger partial charge in [0.05, 0.1) is 19.4 Å². The molecule has 2 atom stereocenters. The van der Waals surface area contributed by atoms with Crippen LogP contribution in [0.1, 0.15) is 12.0 Å². The number of hydrogen-bond donors (Lipinski definition) is 1. The molecule has 0 bridgehead atoms. The van der Waals surface area contributed by atoms with Crippen LogP contribution in [0.3, 0.4) is 0 Å². The van der Waals surface area contributed by atoms with E-state index in [9.17, 15) is 13.2 Å². The van der Waals surface area contributed by atoms with Crippen molar-refractivity contribution in [1.82, 2.24) is 14.7 Å². The van der Waals surface area contributed by atoms with Gasteiger partial charge in [-0.25, -0.2) is 23.0 Å². The minimum atomic E-state index is -3.39. The van der Waals surface area contributed by atoms with Crippen molar-refractivity contribution >= 4 is 16.1 Å². The third-order valence-corrected chi connectivity index (χ3v) is 5.91. The van der Waals surface area contributed by atoms with E-state index >= 15 is 0 Å². The van der Waals surface area contributed by atoms with E-state index in [1.54, 1.807) is 11.9 Å². The number of carbonyl (C=O) groups excluding carboxylic acids is 1. The van der Waals surface area contributed by atoms with Gasteiger partial charge in [-0.2, -0.15) is 0 Å². The molecule has 0 radical (unpaired) electrons. The molecule has 0 aliphatic carbocycles. The lowest BCUT2D eigenvalue weighted by Crippen LogP contribution is -2.50. The molecule has 8 heteroatoms. The van der Waals surface area contributed by atoms with Crippen molar-refractivity contribution in [3.8, 4) is 11.1 Å². The largest absolute Gasteiger partial charge is 0.343 e. The first-order valence-corrected chi connectivity index (χ1v) is 11.4. The molecule has 1 fully saturated rings. The number of amides is 2. The van der Waals surface area contributed by atoms with E-state index in [0.717, 1.165) is 28.0 Å². The van der Waals surface area contributed by atoms with Crippen molar-refractivity contribution in [2.45, 2.75) is 24.9 Å². The summed E-state index contributed by atoms with van der Waals surface area (Å²) in [6, 6.07) is 17.2. The smallest absolute Gasteiger partial charge is 0.318 e. The van der Waals surface area contributed by atoms with Crippen LogP contribution in [-0.4, -0.2) is 63.5 Å². The van der Waals surface area contributed by atoms with Gasteiger partial charge in [0.15, 0.2) is 0 Å². The number of carbonyl (C=O) groups is 1. The molecule has 3 rings (SSSR count). The number of benzene rings is 2. The summed E-state index contributed by atoms with van der Waals surface area (Å²) in [5.74, 6) is 0. The lowest BCUT2D eigenvalue weighted by atomic mass is 9.97. The Kier molecular flexibility index (Phi) is 6.56. The Morgan fingerprint density at radius 1 is 1.17 bits per heavy atom. The van der Waals surface area contributed by atoms with Crippen LogP contribution in [-0.2, 0) is 21.3 Å². The average molecular weight is 418 g/mol. The Morgan fingerprint density at radius 3 is 2.52 bits per heavy atom. The predicted molar refractivity (Wildman–Crippen MR) is 113 cm³/mol. The van der Waals surface area contributed by atoms with Crippen LogP contribution in [0.5, 0.6) is 0 Å². The molecule has 0 aromatic heterocycles. The van der Waals surface area contributed by atoms with E-state index in [1.807, 2.05) is 48.5 Å². The molecule has 156 valence electrons. The molecule has 7 nitrogen and oxygen atoms in total. The summed E-state index contributed by atoms with van der Waals surface area (Å²) < 4.78 is 26.4. The number of likely N-dealkylation sites (tertiary alicyclic amines) is 1. The minimum absolute atomic E-state index is 0.283. The third kappa shape index (κ3) is 5.35. The van der Waals surface area contributed by atoms with Crippen LogP contribution in [0.2, 0.25) is 0 Å². The van der Waals surface area contributed by atoms with Crippen LogP contribution >= 0.6 is 0 Å². The maximum absolute atomic E-state index is 12.7. The number of hydrogen-bond acceptors (Lipinski definition) is 4. The molecular formula is C21H27N3O4S. The molecule has 1 saturated heterocycles. The normalized spacial score (nSPS) is 19.3. The summed E-state index contributed by atoms with van der Waals surface area (Å²) in [6.45, 7) is 0.461. The Bertz CT molecular complexity index is 949. The van der Waals surface area contributed by atoms with Crippen molar-refractivity contribution in [1.29, 1.82) is 0 Å². The summed E-state index contributed by atoms with van der Waals surface area (Å²) in [4.78, 5) is 19.4. The fourth-order valence-electron chi connectivity index (χ4n) is 3.76. The van der Waals surface area contributed by atoms with E-state index in [1.165, 1.54) is 7.11 Å². The second-order valence-electron chi connectivity index (χ2n) is 7.28. The van der Waals surface area contributed by atoms with Crippen LogP contribution in [0.15, 0.2) is 54.6 Å². The summed E-state index contributed by atoms with van der Waals surface area (Å²) in [6.07, 6.45) is 2.24. The highest BCUT2D eigenvalue weighted by Crippen LogP contribution is 2.26. The maximum atomic E-state index is 12.7. The molecule has 2 amide bonds. The Labute approximate surface area is 172 Å². The monoisotopic (exact) mass is 417 g/mol. The molecule has 2 aromatic carbocycles. The Balaban J connectivity index is 1.88. The Hall–Kier alpha value is -2.42. The third-order valence-electron chi connectivity index (χ3n) is 5.18. The topological polar surface area (TPSA) is 79.0 Å². The maximum Gasteiger partial charge on any atom is 0.343 e. The zero-order chi connectivity index (χ0) is 21.0. The number of rotatable bonds is 6. The van der Waals surface area contributed by atoms with Gasteiger partial charge in [0.1, 0.15) is 0 Å². The molecule has 1 heterocycles. The summed E-state index contributed by atoms with van der Waals surface area (Å²) >= 11 is 0. The van der Waals surface area contributed by atoms with Crippen molar-refractivity contribution < 1.29 is 18.0 Å². The number of nitrogens with one attached hydrogen (secondary N) is 1. The molecule has 0 saturated carbocycles. The second-order valence-corrected chi connectivity index (χ2v) is 9.06. The van der Waals surface area contributed by atoms with Gasteiger partial charge in [0.25, 0.3) is 0 Å². The van der Waals surface area contributed by atoms with Crippen LogP contribution in [0, 0.1) is 0 Å². The average Bonchev–Trinajstić information content (AvgIpc) is 3.08. The SMILES string of the molecule is CON(C)C(=O)N1CC[C@H](NS(C)(=O)=O)[C@@H]1Cc1cccc(-c2ccccc2)c1. The van der Waals surface area contributed by atoms with Crippen molar-refractivity contribution in [3.63, 3.8) is 0 Å². The lowest BCUT2D eigenvalue weighted by molar-refractivity contribution is -0.0770. The van der Waals surface area contributed by atoms with Gasteiger partial charge in [-0.15, -0.1) is 0 Å². The van der Waals surface area contributed by atoms with E-state index in [-0.39, 0.29) is 18.1 Å². The predicted octanol–water partition coefficient (Wildman–Crippen LogP) is 2.50. The van der Waals surface area contributed by atoms with Crippen molar-refractivity contribution in [3.05, 3.63) is 60.2 Å². The quantitative estimate of drug-likeness (QED) is 0.733. The molecule has 0 unspecified atom stereocenters. The van der Waals surface area contributed by atoms with E-state index < -0.39 is 10.0 Å². The minimum Gasteiger partial charge on any atom is -0.318 e. The fourth-order valence-corrected chi connectivity index (χ4v) is 4.59. The first-order valence-electron chi connectivity index (χ1n) is 9.48. The molecule has 29 heavy (non-hydrogen) atoms. The van der Waals surface area contributed by atoms with E-state index in [0.29, 0.717) is 19.4 Å². The Morgan fingerprint density at radius 2 is 1.86 bits per heavy atom. The van der Waals surface area contributed by atoms with Gasteiger partial charge < -0.3 is 4.90 Å². The van der Waals surface area contributed by atoms with Crippen molar-refractivity contribution in [2.75, 3.05) is 27.0 Å². The molecule has 2 aromatic rings. The highest BCUT2D eigenvalue weighted by molar-refractivity contribution is 7.88. The van der Waals surface area contributed by atoms with E-state index in [2.05, 4.69) is 10.8 Å². The standard InChI is InChI=1S/C21H27N3O4S/c1-23(28-2)21(25)24-13-12-19(22-29(3,26)27)20(24)15-16-8-7-11-18(14-16)17-9-5-4-6-10-17/h4-11,14,19-20,22H,12-13,15H2,1-3H3/t19-,20-/m0/s1. The molecule has 0 spiro atoms. The number of sulfonamides is 1. The number of hydroxylamine groups is 2. The number of urea groups is 1. The summed E-state index contributed by atoms with van der Waals surface area (Å²) in [5, 5.41) is 1.16. The van der Waals surface area contributed by atoms with E-state index in [4.69, 9.17) is 4.84 Å². The van der Waals surface area contributed by atoms with Gasteiger partial charge in [-0.1, -0.05) is 54.6 Å². The summed E-state index contributed by atoms with van der Waals surface area (Å²) in [7, 11) is -0.414. The summed E-state index contributed by atoms with van der Waals surface area (Å²) in [5.41, 5.74) is 3.23.